The monoisotopic (exact) mass is 286 g/mol. The van der Waals surface area contributed by atoms with Gasteiger partial charge in [0.15, 0.2) is 0 Å². The van der Waals surface area contributed by atoms with Gasteiger partial charge in [-0.1, -0.05) is 0 Å². The fraction of sp³-hybridized carbons (Fsp3) is 0.111. The second kappa shape index (κ2) is 6.08. The van der Waals surface area contributed by atoms with Crippen LogP contribution in [0.1, 0.15) is 20.7 Å². The largest absolute Gasteiger partial charge is 0.496 e. The molecule has 0 aromatic heterocycles. The molecule has 0 radical (unpaired) electrons. The molecule has 106 valence electrons. The van der Waals surface area contributed by atoms with Gasteiger partial charge in [-0.3, -0.25) is 9.59 Å². The highest BCUT2D eigenvalue weighted by Gasteiger charge is 2.20. The van der Waals surface area contributed by atoms with Crippen LogP contribution in [0.25, 0.3) is 0 Å². The van der Waals surface area contributed by atoms with Crippen LogP contribution in [0.3, 0.4) is 0 Å². The lowest BCUT2D eigenvalue weighted by molar-refractivity contribution is -0.727. The maximum absolute atomic E-state index is 11.4. The summed E-state index contributed by atoms with van der Waals surface area (Å²) in [5.41, 5.74) is -0.834. The summed E-state index contributed by atoms with van der Waals surface area (Å²) in [6.45, 7) is 0. The Hall–Kier alpha value is -3.24. The van der Waals surface area contributed by atoms with Crippen LogP contribution >= 0.6 is 0 Å². The lowest BCUT2D eigenvalue weighted by Gasteiger charge is -2.07. The van der Waals surface area contributed by atoms with E-state index in [1.54, 1.807) is 0 Å². The Morgan fingerprint density at radius 1 is 1.05 bits per heavy atom. The van der Waals surface area contributed by atoms with Crippen LogP contribution < -0.4 is 4.74 Å². The van der Waals surface area contributed by atoms with Crippen LogP contribution in [0.15, 0.2) is 18.2 Å². The second-order valence-corrected chi connectivity index (χ2v) is 3.12. The molecule has 0 saturated carbocycles. The van der Waals surface area contributed by atoms with Gasteiger partial charge in [0.2, 0.25) is 0 Å². The summed E-state index contributed by atoms with van der Waals surface area (Å²) in [4.78, 5) is 50.2. The van der Waals surface area contributed by atoms with Crippen molar-refractivity contribution in [3.05, 3.63) is 49.6 Å². The quantitative estimate of drug-likeness (QED) is 0.553. The van der Waals surface area contributed by atoms with Crippen molar-refractivity contribution in [2.45, 2.75) is 0 Å². The zero-order chi connectivity index (χ0) is 15.3. The number of methoxy groups -OCH3 is 1. The molecule has 1 aromatic carbocycles. The minimum Gasteiger partial charge on any atom is -0.496 e. The van der Waals surface area contributed by atoms with Gasteiger partial charge in [-0.2, -0.15) is 0 Å². The van der Waals surface area contributed by atoms with Crippen molar-refractivity contribution in [1.29, 1.82) is 0 Å². The van der Waals surface area contributed by atoms with Crippen molar-refractivity contribution in [2.75, 3.05) is 7.11 Å². The van der Waals surface area contributed by atoms with E-state index in [-0.39, 0.29) is 11.3 Å². The molecule has 0 amide bonds. The SMILES string of the molecule is COc1ccc(C(=O)O[N+](=O)[O-])cc1C(=O)O[N+](=O)[O-]. The number of hydrogen-bond donors (Lipinski definition) is 0. The molecule has 0 N–H and O–H groups in total. The van der Waals surface area contributed by atoms with Crippen LogP contribution in [-0.2, 0) is 9.68 Å². The van der Waals surface area contributed by atoms with Crippen LogP contribution in [-0.4, -0.2) is 29.2 Å². The number of hydrogen-bond acceptors (Lipinski definition) is 9. The minimum absolute atomic E-state index is 0.116. The molecule has 0 aliphatic carbocycles. The standard InChI is InChI=1S/C9H6N2O9/c1-18-7-3-2-5(8(12)19-10(14)15)4-6(7)9(13)20-11(16)17/h2-4H,1H3. The zero-order valence-corrected chi connectivity index (χ0v) is 9.80. The number of ether oxygens (including phenoxy) is 1. The molecule has 0 spiro atoms. The molecule has 0 aliphatic heterocycles. The third kappa shape index (κ3) is 3.63. The number of nitrogens with zero attached hydrogens (tertiary/aromatic N) is 2. The highest BCUT2D eigenvalue weighted by molar-refractivity contribution is 5.97. The van der Waals surface area contributed by atoms with Gasteiger partial charge in [0.25, 0.3) is 0 Å². The first-order chi connectivity index (χ1) is 9.35. The molecule has 0 aliphatic rings. The van der Waals surface area contributed by atoms with E-state index in [2.05, 4.69) is 9.68 Å². The molecule has 11 heteroatoms. The molecule has 20 heavy (non-hydrogen) atoms. The second-order valence-electron chi connectivity index (χ2n) is 3.12. The lowest BCUT2D eigenvalue weighted by atomic mass is 10.1. The summed E-state index contributed by atoms with van der Waals surface area (Å²) in [6.07, 6.45) is 0. The van der Waals surface area contributed by atoms with Crippen molar-refractivity contribution >= 4 is 11.9 Å². The van der Waals surface area contributed by atoms with Crippen molar-refractivity contribution < 1.29 is 34.2 Å². The van der Waals surface area contributed by atoms with Gasteiger partial charge in [-0.25, -0.2) is 9.68 Å². The van der Waals surface area contributed by atoms with Gasteiger partial charge in [0.05, 0.1) is 12.7 Å². The third-order valence-corrected chi connectivity index (χ3v) is 1.97. The van der Waals surface area contributed by atoms with E-state index >= 15 is 0 Å². The Balaban J connectivity index is 3.14. The predicted molar refractivity (Wildman–Crippen MR) is 57.8 cm³/mol. The smallest absolute Gasteiger partial charge is 0.338 e. The summed E-state index contributed by atoms with van der Waals surface area (Å²) in [7, 11) is 1.17. The highest BCUT2D eigenvalue weighted by Crippen LogP contribution is 2.21. The molecule has 0 bridgehead atoms. The first kappa shape index (κ1) is 14.8. The number of benzene rings is 1. The van der Waals surface area contributed by atoms with Crippen molar-refractivity contribution in [3.8, 4) is 5.75 Å². The first-order valence-electron chi connectivity index (χ1n) is 4.76. The predicted octanol–water partition coefficient (Wildman–Crippen LogP) is 0.392. The zero-order valence-electron chi connectivity index (χ0n) is 9.80. The number of carbonyl (C=O) groups is 2. The molecule has 1 rings (SSSR count). The Morgan fingerprint density at radius 2 is 1.60 bits per heavy atom. The highest BCUT2D eigenvalue weighted by atomic mass is 17.0. The molecule has 0 fully saturated rings. The normalized spacial score (nSPS) is 9.45. The summed E-state index contributed by atoms with van der Waals surface area (Å²) < 4.78 is 4.75. The van der Waals surface area contributed by atoms with Gasteiger partial charge >= 0.3 is 22.1 Å². The third-order valence-electron chi connectivity index (χ3n) is 1.97. The van der Waals surface area contributed by atoms with E-state index in [9.17, 15) is 29.8 Å². The van der Waals surface area contributed by atoms with E-state index in [1.807, 2.05) is 0 Å². The summed E-state index contributed by atoms with van der Waals surface area (Å²) in [5, 5.41) is 17.4. The van der Waals surface area contributed by atoms with Gasteiger partial charge in [-0.15, -0.1) is 20.2 Å². The maximum Gasteiger partial charge on any atom is 0.338 e. The van der Waals surface area contributed by atoms with E-state index < -0.39 is 27.7 Å². The fourth-order valence-electron chi connectivity index (χ4n) is 1.23. The van der Waals surface area contributed by atoms with Crippen LogP contribution in [0.5, 0.6) is 5.75 Å². The van der Waals surface area contributed by atoms with Gasteiger partial charge in [-0.05, 0) is 18.2 Å². The van der Waals surface area contributed by atoms with Gasteiger partial charge < -0.3 is 4.74 Å². The van der Waals surface area contributed by atoms with Gasteiger partial charge in [0, 0.05) is 5.56 Å². The molecule has 0 heterocycles. The Bertz CT molecular complexity index is 583. The van der Waals surface area contributed by atoms with Crippen molar-refractivity contribution in [1.82, 2.24) is 0 Å². The summed E-state index contributed by atoms with van der Waals surface area (Å²) in [6, 6.07) is 3.00. The van der Waals surface area contributed by atoms with E-state index in [0.717, 1.165) is 18.2 Å². The Morgan fingerprint density at radius 3 is 2.10 bits per heavy atom. The van der Waals surface area contributed by atoms with E-state index in [4.69, 9.17) is 4.74 Å². The molecule has 1 aromatic rings. The summed E-state index contributed by atoms with van der Waals surface area (Å²) in [5.74, 6) is -2.87. The summed E-state index contributed by atoms with van der Waals surface area (Å²) >= 11 is 0. The molecule has 0 unspecified atom stereocenters. The number of rotatable bonds is 5. The van der Waals surface area contributed by atoms with Crippen molar-refractivity contribution in [2.24, 2.45) is 0 Å². The fourth-order valence-corrected chi connectivity index (χ4v) is 1.23. The van der Waals surface area contributed by atoms with Crippen LogP contribution in [0.2, 0.25) is 0 Å². The van der Waals surface area contributed by atoms with E-state index in [1.165, 1.54) is 7.11 Å². The average Bonchev–Trinajstić information content (AvgIpc) is 2.36. The van der Waals surface area contributed by atoms with Gasteiger partial charge in [0.1, 0.15) is 5.75 Å². The molecule has 0 atom stereocenters. The van der Waals surface area contributed by atoms with Crippen LogP contribution in [0.4, 0.5) is 0 Å². The minimum atomic E-state index is -1.40. The lowest BCUT2D eigenvalue weighted by Crippen LogP contribution is -2.14. The Labute approximate surface area is 109 Å². The number of carbonyl (C=O) groups excluding carboxylic acids is 2. The van der Waals surface area contributed by atoms with Crippen molar-refractivity contribution in [3.63, 3.8) is 0 Å². The van der Waals surface area contributed by atoms with Crippen LogP contribution in [0, 0.1) is 20.2 Å². The molecule has 11 nitrogen and oxygen atoms in total. The Kier molecular flexibility index (Phi) is 4.51. The molecular weight excluding hydrogens is 280 g/mol. The molecule has 0 saturated heterocycles. The topological polar surface area (TPSA) is 148 Å². The molecular formula is C9H6N2O9. The maximum atomic E-state index is 11.4. The average molecular weight is 286 g/mol. The van der Waals surface area contributed by atoms with E-state index in [0.29, 0.717) is 0 Å². The first-order valence-corrected chi connectivity index (χ1v) is 4.76.